The van der Waals surface area contributed by atoms with Gasteiger partial charge in [0.15, 0.2) is 11.6 Å². The largest absolute Gasteiger partial charge is 0.273 e. The van der Waals surface area contributed by atoms with Gasteiger partial charge in [-0.3, -0.25) is 10.1 Å². The molecule has 0 bridgehead atoms. The van der Waals surface area contributed by atoms with Crippen LogP contribution in [0.3, 0.4) is 0 Å². The summed E-state index contributed by atoms with van der Waals surface area (Å²) in [4.78, 5) is 8.91. The molecule has 0 atom stereocenters. The van der Waals surface area contributed by atoms with Crippen molar-refractivity contribution in [3.8, 4) is 0 Å². The average Bonchev–Trinajstić information content (AvgIpc) is 1.99. The van der Waals surface area contributed by atoms with E-state index in [2.05, 4.69) is 12.6 Å². The fourth-order valence-electron chi connectivity index (χ4n) is 0.666. The first-order chi connectivity index (χ1) is 5.52. The van der Waals surface area contributed by atoms with Gasteiger partial charge in [-0.1, -0.05) is 0 Å². The van der Waals surface area contributed by atoms with E-state index in [-0.39, 0.29) is 4.90 Å². The number of non-ortho nitro benzene ring substituents is 1. The Kier molecular flexibility index (Phi) is 2.27. The number of nitro benzene ring substituents is 1. The lowest BCUT2D eigenvalue weighted by molar-refractivity contribution is -0.385. The van der Waals surface area contributed by atoms with Gasteiger partial charge in [0.1, 0.15) is 0 Å². The van der Waals surface area contributed by atoms with E-state index in [0.29, 0.717) is 6.07 Å². The lowest BCUT2D eigenvalue weighted by Gasteiger charge is -1.96. The monoisotopic (exact) mass is 191 g/mol. The molecular formula is C6H3F2NO2S. The molecule has 0 unspecified atom stereocenters. The highest BCUT2D eigenvalue weighted by atomic mass is 32.1. The molecule has 3 nitrogen and oxygen atoms in total. The zero-order valence-corrected chi connectivity index (χ0v) is 6.52. The predicted octanol–water partition coefficient (Wildman–Crippen LogP) is 2.16. The van der Waals surface area contributed by atoms with Gasteiger partial charge in [-0.15, -0.1) is 12.6 Å². The summed E-state index contributed by atoms with van der Waals surface area (Å²) in [5, 5.41) is 10.1. The highest BCUT2D eigenvalue weighted by molar-refractivity contribution is 7.80. The predicted molar refractivity (Wildman–Crippen MR) is 40.3 cm³/mol. The van der Waals surface area contributed by atoms with Crippen molar-refractivity contribution in [2.75, 3.05) is 0 Å². The number of hydrogen-bond donors (Lipinski definition) is 1. The van der Waals surface area contributed by atoms with E-state index < -0.39 is 22.2 Å². The van der Waals surface area contributed by atoms with Gasteiger partial charge in [0, 0.05) is 11.0 Å². The Hall–Kier alpha value is -1.17. The van der Waals surface area contributed by atoms with Crippen molar-refractivity contribution in [3.05, 3.63) is 33.9 Å². The molecule has 0 amide bonds. The van der Waals surface area contributed by atoms with E-state index in [1.807, 2.05) is 0 Å². The molecule has 64 valence electrons. The fraction of sp³-hybridized carbons (Fsp3) is 0. The molecule has 6 heteroatoms. The van der Waals surface area contributed by atoms with Gasteiger partial charge < -0.3 is 0 Å². The first-order valence-electron chi connectivity index (χ1n) is 2.85. The summed E-state index contributed by atoms with van der Waals surface area (Å²) < 4.78 is 25.0. The van der Waals surface area contributed by atoms with Crippen LogP contribution >= 0.6 is 12.6 Å². The summed E-state index contributed by atoms with van der Waals surface area (Å²) >= 11 is 3.51. The molecule has 0 aromatic heterocycles. The lowest BCUT2D eigenvalue weighted by atomic mass is 10.3. The molecule has 1 aromatic carbocycles. The molecule has 0 spiro atoms. The number of nitrogens with zero attached hydrogens (tertiary/aromatic N) is 1. The van der Waals surface area contributed by atoms with Crippen molar-refractivity contribution in [3.63, 3.8) is 0 Å². The van der Waals surface area contributed by atoms with Crippen LogP contribution in [-0.4, -0.2) is 4.92 Å². The zero-order valence-electron chi connectivity index (χ0n) is 5.62. The Bertz CT molecular complexity index is 319. The number of thiol groups is 1. The number of rotatable bonds is 1. The standard InChI is InChI=1S/C6H3F2NO2S/c7-4-1-3(9(10)11)2-5(12)6(4)8/h1-2,12H. The molecule has 1 aromatic rings. The highest BCUT2D eigenvalue weighted by Crippen LogP contribution is 2.22. The van der Waals surface area contributed by atoms with Crippen molar-refractivity contribution in [2.24, 2.45) is 0 Å². The van der Waals surface area contributed by atoms with Crippen LogP contribution in [0, 0.1) is 21.7 Å². The van der Waals surface area contributed by atoms with Crippen LogP contribution in [0.15, 0.2) is 17.0 Å². The molecule has 0 radical (unpaired) electrons. The van der Waals surface area contributed by atoms with Gasteiger partial charge in [0.2, 0.25) is 0 Å². The van der Waals surface area contributed by atoms with Crippen LogP contribution in [0.5, 0.6) is 0 Å². The second-order valence-corrected chi connectivity index (χ2v) is 2.50. The lowest BCUT2D eigenvalue weighted by Crippen LogP contribution is -1.92. The number of hydrogen-bond acceptors (Lipinski definition) is 3. The summed E-state index contributed by atoms with van der Waals surface area (Å²) in [6.07, 6.45) is 0. The van der Waals surface area contributed by atoms with Crippen LogP contribution in [0.2, 0.25) is 0 Å². The second-order valence-electron chi connectivity index (χ2n) is 2.02. The van der Waals surface area contributed by atoms with Crippen molar-refractivity contribution in [2.45, 2.75) is 4.90 Å². The minimum absolute atomic E-state index is 0.373. The van der Waals surface area contributed by atoms with Crippen LogP contribution in [0.4, 0.5) is 14.5 Å². The molecule has 0 saturated carbocycles. The summed E-state index contributed by atoms with van der Waals surface area (Å²) in [5.74, 6) is -2.45. The Labute approximate surface area is 71.6 Å². The van der Waals surface area contributed by atoms with Crippen LogP contribution in [0.25, 0.3) is 0 Å². The summed E-state index contributed by atoms with van der Waals surface area (Å²) in [7, 11) is 0. The Balaban J connectivity index is 3.31. The molecule has 0 saturated heterocycles. The Morgan fingerprint density at radius 1 is 1.42 bits per heavy atom. The quantitative estimate of drug-likeness (QED) is 0.420. The third kappa shape index (κ3) is 1.53. The van der Waals surface area contributed by atoms with Gasteiger partial charge in [-0.25, -0.2) is 8.78 Å². The smallest absolute Gasteiger partial charge is 0.258 e. The Morgan fingerprint density at radius 2 is 2.00 bits per heavy atom. The van der Waals surface area contributed by atoms with Crippen LogP contribution in [-0.2, 0) is 0 Å². The van der Waals surface area contributed by atoms with E-state index in [0.717, 1.165) is 6.07 Å². The molecule has 0 aliphatic heterocycles. The first-order valence-corrected chi connectivity index (χ1v) is 3.29. The molecule has 0 aliphatic rings. The molecule has 0 fully saturated rings. The number of nitro groups is 1. The second kappa shape index (κ2) is 3.06. The maximum absolute atomic E-state index is 12.5. The third-order valence-corrected chi connectivity index (χ3v) is 1.53. The third-order valence-electron chi connectivity index (χ3n) is 1.20. The molecule has 0 aliphatic carbocycles. The van der Waals surface area contributed by atoms with E-state index in [4.69, 9.17) is 0 Å². The summed E-state index contributed by atoms with van der Waals surface area (Å²) in [6.45, 7) is 0. The topological polar surface area (TPSA) is 43.1 Å². The van der Waals surface area contributed by atoms with Crippen molar-refractivity contribution in [1.29, 1.82) is 0 Å². The van der Waals surface area contributed by atoms with Crippen LogP contribution in [0.1, 0.15) is 0 Å². The zero-order chi connectivity index (χ0) is 9.30. The van der Waals surface area contributed by atoms with Gasteiger partial charge in [-0.05, 0) is 0 Å². The highest BCUT2D eigenvalue weighted by Gasteiger charge is 2.14. The number of halogens is 2. The maximum Gasteiger partial charge on any atom is 0.273 e. The molecule has 0 heterocycles. The Morgan fingerprint density at radius 3 is 2.42 bits per heavy atom. The van der Waals surface area contributed by atoms with Gasteiger partial charge in [0.05, 0.1) is 11.0 Å². The van der Waals surface area contributed by atoms with E-state index in [9.17, 15) is 18.9 Å². The van der Waals surface area contributed by atoms with Crippen molar-refractivity contribution < 1.29 is 13.7 Å². The summed E-state index contributed by atoms with van der Waals surface area (Å²) in [6, 6.07) is 1.36. The van der Waals surface area contributed by atoms with Gasteiger partial charge >= 0.3 is 0 Å². The van der Waals surface area contributed by atoms with Crippen molar-refractivity contribution in [1.82, 2.24) is 0 Å². The van der Waals surface area contributed by atoms with Gasteiger partial charge in [0.25, 0.3) is 5.69 Å². The minimum Gasteiger partial charge on any atom is -0.258 e. The first kappa shape index (κ1) is 8.92. The maximum atomic E-state index is 12.5. The van der Waals surface area contributed by atoms with Crippen LogP contribution < -0.4 is 0 Å². The SMILES string of the molecule is O=[N+]([O-])c1cc(F)c(F)c(S)c1. The molecule has 0 N–H and O–H groups in total. The molecule has 12 heavy (non-hydrogen) atoms. The normalized spacial score (nSPS) is 9.92. The number of benzene rings is 1. The molecule has 1 rings (SSSR count). The van der Waals surface area contributed by atoms with E-state index in [1.165, 1.54) is 0 Å². The minimum atomic E-state index is -1.27. The fourth-order valence-corrected chi connectivity index (χ4v) is 0.905. The molecular weight excluding hydrogens is 188 g/mol. The van der Waals surface area contributed by atoms with E-state index >= 15 is 0 Å². The summed E-state index contributed by atoms with van der Waals surface area (Å²) in [5.41, 5.74) is -0.515. The van der Waals surface area contributed by atoms with Gasteiger partial charge in [-0.2, -0.15) is 0 Å². The van der Waals surface area contributed by atoms with Crippen molar-refractivity contribution >= 4 is 18.3 Å². The average molecular weight is 191 g/mol. The van der Waals surface area contributed by atoms with E-state index in [1.54, 1.807) is 0 Å².